The first-order chi connectivity index (χ1) is 50.5. The largest absolute Gasteiger partial charge is 0.381 e. The van der Waals surface area contributed by atoms with Crippen molar-refractivity contribution < 1.29 is 52.3 Å². The Morgan fingerprint density at radius 3 is 0.991 bits per heavy atom. The molecule has 0 aromatic carbocycles. The number of carbonyl (C=O) groups excluding carboxylic acids is 1. The number of Topliss-reactive ketones (excluding diaryl/α,β-unsaturated/α-hetero) is 1. The summed E-state index contributed by atoms with van der Waals surface area (Å²) in [6.07, 6.45) is 13.3. The van der Waals surface area contributed by atoms with Crippen LogP contribution >= 0.6 is 0 Å². The van der Waals surface area contributed by atoms with Crippen LogP contribution in [0.4, 0.5) is 0 Å². The van der Waals surface area contributed by atoms with Gasteiger partial charge in [0, 0.05) is 143 Å². The van der Waals surface area contributed by atoms with Crippen molar-refractivity contribution in [3.8, 4) is 0 Å². The molecule has 4 rings (SSSR count). The number of ether oxygens (including phenoxy) is 9. The Morgan fingerprint density at radius 1 is 0.321 bits per heavy atom. The van der Waals surface area contributed by atoms with Crippen molar-refractivity contribution in [1.29, 1.82) is 0 Å². The number of unbranched alkanes of at least 4 members (excludes halogenated alkanes) is 1. The fourth-order valence-electron chi connectivity index (χ4n) is 11.3. The van der Waals surface area contributed by atoms with E-state index in [1.54, 1.807) is 0 Å². The van der Waals surface area contributed by atoms with Gasteiger partial charge >= 0.3 is 0 Å². The molecule has 0 aromatic heterocycles. The maximum atomic E-state index is 11.2. The first kappa shape index (κ1) is 110. The summed E-state index contributed by atoms with van der Waals surface area (Å²) in [7, 11) is 0. The average Bonchev–Trinajstić information content (AvgIpc) is 1.65. The summed E-state index contributed by atoms with van der Waals surface area (Å²) >= 11 is 0. The fraction of sp³-hybridized carbons (Fsp3) is 0.989. The molecular formula is C92H192N6O11. The maximum absolute atomic E-state index is 11.2. The molecule has 4 fully saturated rings. The van der Waals surface area contributed by atoms with Gasteiger partial charge in [-0.25, -0.2) is 0 Å². The van der Waals surface area contributed by atoms with Crippen molar-refractivity contribution in [2.45, 2.75) is 316 Å². The standard InChI is InChI=1S/C18H36N2O.C17H36N2O2.C17H36N2O.C14H28O3.C14H30O2.C12H26O2/c1-17(2,3)7-8-19-12-16-11-15(19)13-20(16)9-10-21-14-18(4,5)6;1-16(2,3)7-8-18-9-11-19(12-10-18)21-14-13-20-15-17(4,5)6;1-16(2,3)7-8-18-9-11-19(12-10-18)13-14-20-15-17(4,5)6;1-12(2)7-10-16-8-5-6-9-17-11-14(15)13(3)4;1-11(2)7-9-15-13(5)14(6)16-10-8-12(3)4;1-11(2)5-7-13-9-10-14-8-6-12(3)4/h15-16H,7-14H2,1-6H3;7-15H2,1-6H3;7-15H2,1-6H3;12-13H,5-11H2,1-4H3;11-14H,7-10H2,1-6H3;11-12H,5-10H2,1-4H3/t;;;;13-,14-;/m....1./s1. The monoisotopic (exact) mass is 1560 g/mol. The van der Waals surface area contributed by atoms with E-state index >= 15 is 0 Å². The first-order valence-corrected chi connectivity index (χ1v) is 44.4. The second-order valence-corrected chi connectivity index (χ2v) is 41.9. The summed E-state index contributed by atoms with van der Waals surface area (Å²) in [4.78, 5) is 30.1. The Hall–Kier alpha value is -0.970. The highest BCUT2D eigenvalue weighted by molar-refractivity contribution is 5.81. The summed E-state index contributed by atoms with van der Waals surface area (Å²) in [5.41, 5.74) is 2.15. The predicted molar refractivity (Wildman–Crippen MR) is 466 cm³/mol. The number of carbonyl (C=O) groups is 1. The molecule has 0 saturated carbocycles. The van der Waals surface area contributed by atoms with Gasteiger partial charge in [0.2, 0.25) is 0 Å². The third-order valence-electron chi connectivity index (χ3n) is 19.4. The van der Waals surface area contributed by atoms with Crippen molar-refractivity contribution in [2.75, 3.05) is 210 Å². The van der Waals surface area contributed by atoms with Gasteiger partial charge in [0.05, 0.1) is 71.7 Å². The van der Waals surface area contributed by atoms with E-state index in [9.17, 15) is 4.79 Å². The molecule has 4 aliphatic rings. The lowest BCUT2D eigenvalue weighted by atomic mass is 9.92. The van der Waals surface area contributed by atoms with Crippen molar-refractivity contribution in [3.05, 3.63) is 0 Å². The van der Waals surface area contributed by atoms with E-state index in [-0.39, 0.29) is 46.8 Å². The molecule has 0 radical (unpaired) electrons. The van der Waals surface area contributed by atoms with Crippen molar-refractivity contribution >= 4 is 5.78 Å². The minimum absolute atomic E-state index is 0.0781. The van der Waals surface area contributed by atoms with Crippen LogP contribution in [0, 0.1) is 68.0 Å². The Labute approximate surface area is 679 Å². The van der Waals surface area contributed by atoms with Crippen molar-refractivity contribution in [3.63, 3.8) is 0 Å². The summed E-state index contributed by atoms with van der Waals surface area (Å²) in [6.45, 7) is 102. The van der Waals surface area contributed by atoms with Gasteiger partial charge in [-0.3, -0.25) is 24.3 Å². The van der Waals surface area contributed by atoms with Crippen LogP contribution in [0.15, 0.2) is 0 Å². The number of likely N-dealkylation sites (tertiary alicyclic amines) is 2. The molecule has 109 heavy (non-hydrogen) atoms. The molecule has 4 heterocycles. The second kappa shape index (κ2) is 62.3. The zero-order valence-corrected chi connectivity index (χ0v) is 78.9. The highest BCUT2D eigenvalue weighted by Crippen LogP contribution is 2.32. The lowest BCUT2D eigenvalue weighted by Gasteiger charge is -2.36. The highest BCUT2D eigenvalue weighted by Gasteiger charge is 2.43. The van der Waals surface area contributed by atoms with Gasteiger partial charge in [0.25, 0.3) is 0 Å². The van der Waals surface area contributed by atoms with E-state index in [4.69, 9.17) is 47.5 Å². The Morgan fingerprint density at radius 2 is 0.633 bits per heavy atom. The van der Waals surface area contributed by atoms with Gasteiger partial charge in [-0.1, -0.05) is 208 Å². The third kappa shape index (κ3) is 75.5. The van der Waals surface area contributed by atoms with Crippen molar-refractivity contribution in [2.24, 2.45) is 68.0 Å². The minimum atomic E-state index is 0.0781. The molecule has 4 atom stereocenters. The van der Waals surface area contributed by atoms with Gasteiger partial charge < -0.3 is 52.4 Å². The molecule has 2 bridgehead atoms. The van der Waals surface area contributed by atoms with Crippen molar-refractivity contribution in [1.82, 2.24) is 29.6 Å². The number of piperazine rings is 3. The zero-order chi connectivity index (χ0) is 83.3. The van der Waals surface area contributed by atoms with Crippen LogP contribution in [0.25, 0.3) is 0 Å². The molecular weight excluding hydrogens is 1370 g/mol. The van der Waals surface area contributed by atoms with E-state index in [1.807, 2.05) is 13.8 Å². The van der Waals surface area contributed by atoms with Crippen LogP contribution in [0.5, 0.6) is 0 Å². The normalized spacial score (nSPS) is 18.2. The molecule has 0 amide bonds. The highest BCUT2D eigenvalue weighted by atomic mass is 16.7. The van der Waals surface area contributed by atoms with Gasteiger partial charge in [-0.05, 0) is 166 Å². The zero-order valence-electron chi connectivity index (χ0n) is 78.9. The summed E-state index contributed by atoms with van der Waals surface area (Å²) in [5.74, 6) is 3.86. The van der Waals surface area contributed by atoms with E-state index in [2.05, 4.69) is 237 Å². The molecule has 4 saturated heterocycles. The number of rotatable bonds is 48. The molecule has 0 aromatic rings. The molecule has 17 nitrogen and oxygen atoms in total. The lowest BCUT2D eigenvalue weighted by molar-refractivity contribution is -0.187. The van der Waals surface area contributed by atoms with Crippen LogP contribution < -0.4 is 0 Å². The SMILES string of the molecule is CC(C)(C)CCN1CC2CC1CN2CCOCC(C)(C)C.CC(C)(C)CCN1CCN(CCOCC(C)(C)C)CC1.CC(C)(C)CCN1CCN(OCCOCC(C)(C)C)CC1.CC(C)CCOCCCCOCC(=O)C(C)C.CC(C)CCOCCOCCC(C)C.CC(C)CCO[C@H](C)[C@@H](C)OCCC(C)C. The number of hydrogen-bond donors (Lipinski definition) is 0. The molecule has 17 heteroatoms. The quantitative estimate of drug-likeness (QED) is 0.0535. The lowest BCUT2D eigenvalue weighted by Crippen LogP contribution is -2.47. The molecule has 656 valence electrons. The molecule has 0 aliphatic carbocycles. The van der Waals surface area contributed by atoms with Gasteiger partial charge in [-0.15, -0.1) is 0 Å². The van der Waals surface area contributed by atoms with Crippen LogP contribution in [-0.2, 0) is 52.3 Å². The number of nitrogens with zero attached hydrogens (tertiary/aromatic N) is 6. The number of ketones is 1. The molecule has 2 unspecified atom stereocenters. The maximum Gasteiger partial charge on any atom is 0.160 e. The van der Waals surface area contributed by atoms with Crippen LogP contribution in [0.3, 0.4) is 0 Å². The number of hydroxylamine groups is 2. The van der Waals surface area contributed by atoms with Gasteiger partial charge in [0.15, 0.2) is 5.78 Å². The molecule has 0 N–H and O–H groups in total. The number of fused-ring (bicyclic) bond motifs is 2. The third-order valence-corrected chi connectivity index (χ3v) is 19.4. The summed E-state index contributed by atoms with van der Waals surface area (Å²) in [5, 5.41) is 2.09. The Balaban J connectivity index is 0. The van der Waals surface area contributed by atoms with Crippen LogP contribution in [0.1, 0.15) is 292 Å². The fourth-order valence-corrected chi connectivity index (χ4v) is 11.3. The average molecular weight is 1560 g/mol. The number of hydrogen-bond acceptors (Lipinski definition) is 17. The summed E-state index contributed by atoms with van der Waals surface area (Å²) in [6, 6.07) is 1.59. The van der Waals surface area contributed by atoms with E-state index < -0.39 is 0 Å². The van der Waals surface area contributed by atoms with E-state index in [0.717, 1.165) is 194 Å². The van der Waals surface area contributed by atoms with Gasteiger partial charge in [0.1, 0.15) is 6.61 Å². The van der Waals surface area contributed by atoms with Gasteiger partial charge in [-0.2, -0.15) is 5.06 Å². The first-order valence-electron chi connectivity index (χ1n) is 44.4. The minimum Gasteiger partial charge on any atom is -0.381 e. The predicted octanol–water partition coefficient (Wildman–Crippen LogP) is 19.5. The smallest absolute Gasteiger partial charge is 0.160 e. The topological polar surface area (TPSA) is 129 Å². The van der Waals surface area contributed by atoms with E-state index in [1.165, 1.54) is 84.6 Å². The molecule has 0 spiro atoms. The van der Waals surface area contributed by atoms with Crippen LogP contribution in [0.2, 0.25) is 0 Å². The second-order valence-electron chi connectivity index (χ2n) is 41.9. The van der Waals surface area contributed by atoms with E-state index in [0.29, 0.717) is 53.8 Å². The summed E-state index contributed by atoms with van der Waals surface area (Å²) < 4.78 is 50.4. The molecule has 4 aliphatic heterocycles. The van der Waals surface area contributed by atoms with Crippen LogP contribution in [-0.4, -0.2) is 270 Å². The Kier molecular flexibility index (Phi) is 62.9. The Bertz CT molecular complexity index is 2010.